The zero-order chi connectivity index (χ0) is 18.4. The van der Waals surface area contributed by atoms with E-state index in [9.17, 15) is 4.79 Å². The summed E-state index contributed by atoms with van der Waals surface area (Å²) in [7, 11) is 0. The molecule has 3 rings (SSSR count). The third-order valence-corrected chi connectivity index (χ3v) is 3.59. The van der Waals surface area contributed by atoms with Gasteiger partial charge in [-0.2, -0.15) is 0 Å². The fourth-order valence-electron chi connectivity index (χ4n) is 2.37. The number of nitrogens with one attached hydrogen (secondary N) is 1. The van der Waals surface area contributed by atoms with Gasteiger partial charge in [-0.15, -0.1) is 0 Å². The summed E-state index contributed by atoms with van der Waals surface area (Å²) < 4.78 is 5.48. The van der Waals surface area contributed by atoms with Gasteiger partial charge in [0.1, 0.15) is 0 Å². The minimum atomic E-state index is -0.187. The maximum Gasteiger partial charge on any atom is 0.253 e. The monoisotopic (exact) mass is 348 g/mol. The van der Waals surface area contributed by atoms with Gasteiger partial charge < -0.3 is 10.1 Å². The van der Waals surface area contributed by atoms with E-state index in [2.05, 4.69) is 20.3 Å². The summed E-state index contributed by atoms with van der Waals surface area (Å²) in [4.78, 5) is 24.9. The third-order valence-electron chi connectivity index (χ3n) is 3.59. The first-order valence-electron chi connectivity index (χ1n) is 8.38. The summed E-state index contributed by atoms with van der Waals surface area (Å²) in [5.74, 6) is 0.320. The van der Waals surface area contributed by atoms with Gasteiger partial charge in [0, 0.05) is 43.0 Å². The summed E-state index contributed by atoms with van der Waals surface area (Å²) >= 11 is 0. The van der Waals surface area contributed by atoms with E-state index >= 15 is 0 Å². The summed E-state index contributed by atoms with van der Waals surface area (Å²) in [5.41, 5.74) is 3.20. The molecule has 0 saturated heterocycles. The summed E-state index contributed by atoms with van der Waals surface area (Å²) in [6.45, 7) is 4.26. The fourth-order valence-corrected chi connectivity index (χ4v) is 2.37. The molecule has 0 aliphatic heterocycles. The number of pyridine rings is 3. The number of carbonyl (C=O) groups is 1. The van der Waals surface area contributed by atoms with Gasteiger partial charge in [-0.25, -0.2) is 4.98 Å². The summed E-state index contributed by atoms with van der Waals surface area (Å²) in [5, 5.41) is 2.89. The molecule has 6 nitrogen and oxygen atoms in total. The smallest absolute Gasteiger partial charge is 0.253 e. The molecule has 0 unspecified atom stereocenters. The first kappa shape index (κ1) is 17.5. The van der Waals surface area contributed by atoms with Crippen molar-refractivity contribution >= 4 is 5.91 Å². The molecule has 3 aromatic rings. The Labute approximate surface area is 152 Å². The Kier molecular flexibility index (Phi) is 5.53. The van der Waals surface area contributed by atoms with E-state index in [4.69, 9.17) is 4.74 Å². The molecule has 0 aromatic carbocycles. The number of hydrogen-bond donors (Lipinski definition) is 1. The number of hydrogen-bond acceptors (Lipinski definition) is 5. The standard InChI is InChI=1S/C20H20N4O2/c1-14(2)26-19-6-5-17(13-23-19)20(25)24-11-15-7-9-22-18(10-15)16-4-3-8-21-12-16/h3-10,12-14H,11H2,1-2H3,(H,24,25). The van der Waals surface area contributed by atoms with Crippen LogP contribution in [0.25, 0.3) is 11.3 Å². The lowest BCUT2D eigenvalue weighted by Crippen LogP contribution is -2.23. The lowest BCUT2D eigenvalue weighted by molar-refractivity contribution is 0.0950. The molecule has 26 heavy (non-hydrogen) atoms. The second kappa shape index (κ2) is 8.20. The molecule has 0 atom stereocenters. The molecule has 0 aliphatic rings. The maximum atomic E-state index is 12.3. The molecular weight excluding hydrogens is 328 g/mol. The Bertz CT molecular complexity index is 864. The van der Waals surface area contributed by atoms with Gasteiger partial charge in [0.15, 0.2) is 0 Å². The molecule has 0 spiro atoms. The molecule has 3 heterocycles. The van der Waals surface area contributed by atoms with Crippen molar-refractivity contribution in [2.45, 2.75) is 26.5 Å². The van der Waals surface area contributed by atoms with Gasteiger partial charge in [0.25, 0.3) is 5.91 Å². The first-order chi connectivity index (χ1) is 12.6. The largest absolute Gasteiger partial charge is 0.475 e. The zero-order valence-electron chi connectivity index (χ0n) is 14.7. The highest BCUT2D eigenvalue weighted by Crippen LogP contribution is 2.16. The van der Waals surface area contributed by atoms with E-state index in [1.165, 1.54) is 6.20 Å². The molecule has 3 aromatic heterocycles. The van der Waals surface area contributed by atoms with Gasteiger partial charge >= 0.3 is 0 Å². The quantitative estimate of drug-likeness (QED) is 0.740. The fraction of sp³-hybridized carbons (Fsp3) is 0.200. The van der Waals surface area contributed by atoms with Crippen LogP contribution in [0.5, 0.6) is 5.88 Å². The van der Waals surface area contributed by atoms with Crippen molar-refractivity contribution in [2.24, 2.45) is 0 Å². The minimum Gasteiger partial charge on any atom is -0.475 e. The van der Waals surface area contributed by atoms with Crippen LogP contribution in [0.15, 0.2) is 61.2 Å². The van der Waals surface area contributed by atoms with Crippen LogP contribution in [0, 0.1) is 0 Å². The first-order valence-corrected chi connectivity index (χ1v) is 8.38. The molecular formula is C20H20N4O2. The van der Waals surface area contributed by atoms with Crippen molar-refractivity contribution in [1.29, 1.82) is 0 Å². The average Bonchev–Trinajstić information content (AvgIpc) is 2.67. The number of carbonyl (C=O) groups excluding carboxylic acids is 1. The van der Waals surface area contributed by atoms with Gasteiger partial charge in [-0.05, 0) is 49.7 Å². The predicted molar refractivity (Wildman–Crippen MR) is 98.6 cm³/mol. The summed E-state index contributed by atoms with van der Waals surface area (Å²) in [6, 6.07) is 11.0. The summed E-state index contributed by atoms with van der Waals surface area (Å²) in [6.07, 6.45) is 6.77. The molecule has 0 fully saturated rings. The normalized spacial score (nSPS) is 10.6. The zero-order valence-corrected chi connectivity index (χ0v) is 14.7. The highest BCUT2D eigenvalue weighted by Gasteiger charge is 2.08. The van der Waals surface area contributed by atoms with E-state index in [0.717, 1.165) is 16.8 Å². The third kappa shape index (κ3) is 4.63. The van der Waals surface area contributed by atoms with Crippen molar-refractivity contribution < 1.29 is 9.53 Å². The van der Waals surface area contributed by atoms with E-state index in [1.54, 1.807) is 30.7 Å². The lowest BCUT2D eigenvalue weighted by atomic mass is 10.1. The number of aromatic nitrogens is 3. The van der Waals surface area contributed by atoms with Crippen LogP contribution in [0.3, 0.4) is 0 Å². The second-order valence-electron chi connectivity index (χ2n) is 6.03. The number of rotatable bonds is 6. The van der Waals surface area contributed by atoms with Crippen LogP contribution >= 0.6 is 0 Å². The Hall–Kier alpha value is -3.28. The van der Waals surface area contributed by atoms with Crippen LogP contribution in [0.4, 0.5) is 0 Å². The van der Waals surface area contributed by atoms with Crippen molar-refractivity contribution in [3.05, 3.63) is 72.3 Å². The van der Waals surface area contributed by atoms with Crippen molar-refractivity contribution in [1.82, 2.24) is 20.3 Å². The van der Waals surface area contributed by atoms with Crippen LogP contribution in [0.2, 0.25) is 0 Å². The van der Waals surface area contributed by atoms with Crippen LogP contribution < -0.4 is 10.1 Å². The molecule has 1 N–H and O–H groups in total. The molecule has 0 radical (unpaired) electrons. The van der Waals surface area contributed by atoms with Gasteiger partial charge in [0.2, 0.25) is 5.88 Å². The molecule has 0 bridgehead atoms. The Morgan fingerprint density at radius 2 is 2.00 bits per heavy atom. The van der Waals surface area contributed by atoms with Gasteiger partial charge in [-0.3, -0.25) is 14.8 Å². The van der Waals surface area contributed by atoms with Crippen molar-refractivity contribution in [2.75, 3.05) is 0 Å². The molecule has 1 amide bonds. The van der Waals surface area contributed by atoms with Crippen molar-refractivity contribution in [3.8, 4) is 17.1 Å². The van der Waals surface area contributed by atoms with E-state index < -0.39 is 0 Å². The van der Waals surface area contributed by atoms with Crippen LogP contribution in [-0.2, 0) is 6.54 Å². The minimum absolute atomic E-state index is 0.0443. The predicted octanol–water partition coefficient (Wildman–Crippen LogP) is 3.26. The van der Waals surface area contributed by atoms with Crippen molar-refractivity contribution in [3.63, 3.8) is 0 Å². The van der Waals surface area contributed by atoms with E-state index in [-0.39, 0.29) is 12.0 Å². The average molecular weight is 348 g/mol. The lowest BCUT2D eigenvalue weighted by Gasteiger charge is -2.09. The number of ether oxygens (including phenoxy) is 1. The highest BCUT2D eigenvalue weighted by atomic mass is 16.5. The molecule has 0 aliphatic carbocycles. The maximum absolute atomic E-state index is 12.3. The Morgan fingerprint density at radius 1 is 1.12 bits per heavy atom. The Morgan fingerprint density at radius 3 is 2.69 bits per heavy atom. The second-order valence-corrected chi connectivity index (χ2v) is 6.03. The topological polar surface area (TPSA) is 77.0 Å². The molecule has 6 heteroatoms. The van der Waals surface area contributed by atoms with E-state index in [1.807, 2.05) is 38.1 Å². The van der Waals surface area contributed by atoms with Crippen LogP contribution in [0.1, 0.15) is 29.8 Å². The van der Waals surface area contributed by atoms with Gasteiger partial charge in [-0.1, -0.05) is 0 Å². The highest BCUT2D eigenvalue weighted by molar-refractivity contribution is 5.93. The van der Waals surface area contributed by atoms with Crippen LogP contribution in [-0.4, -0.2) is 27.0 Å². The molecule has 132 valence electrons. The number of nitrogens with zero attached hydrogens (tertiary/aromatic N) is 3. The van der Waals surface area contributed by atoms with E-state index in [0.29, 0.717) is 18.0 Å². The SMILES string of the molecule is CC(C)Oc1ccc(C(=O)NCc2ccnc(-c3cccnc3)c2)cn1. The Balaban J connectivity index is 1.63. The molecule has 0 saturated carbocycles. The number of amides is 1. The van der Waals surface area contributed by atoms with Gasteiger partial charge in [0.05, 0.1) is 17.4 Å².